The molecular weight excluding hydrogens is 279 g/mol. The van der Waals surface area contributed by atoms with E-state index in [1.807, 2.05) is 11.8 Å². The molecule has 0 aromatic rings. The quantitative estimate of drug-likeness (QED) is 0.239. The molecule has 1 heterocycles. The fourth-order valence-electron chi connectivity index (χ4n) is 3.15. The van der Waals surface area contributed by atoms with Gasteiger partial charge in [0.2, 0.25) is 7.44 Å². The van der Waals surface area contributed by atoms with Crippen molar-refractivity contribution in [1.82, 2.24) is 9.98 Å². The van der Waals surface area contributed by atoms with E-state index in [0.717, 1.165) is 12.8 Å². The maximum atomic E-state index is 12.7. The SMILES string of the molecule is CCCCCCCCC(CCCCCCC)P1(=O)NN1C. The summed E-state index contributed by atoms with van der Waals surface area (Å²) in [4.78, 5) is 0. The van der Waals surface area contributed by atoms with Gasteiger partial charge in [-0.25, -0.2) is 0 Å². The van der Waals surface area contributed by atoms with Crippen LogP contribution in [0.15, 0.2) is 0 Å². The Bertz CT molecular complexity index is 309. The molecule has 3 nitrogen and oxygen atoms in total. The Morgan fingerprint density at radius 1 is 0.810 bits per heavy atom. The number of hydrogen-bond acceptors (Lipinski definition) is 1. The van der Waals surface area contributed by atoms with Crippen LogP contribution in [0.25, 0.3) is 0 Å². The third-order valence-electron chi connectivity index (χ3n) is 4.72. The van der Waals surface area contributed by atoms with Crippen LogP contribution in [-0.4, -0.2) is 17.5 Å². The van der Waals surface area contributed by atoms with Gasteiger partial charge in [-0.1, -0.05) is 84.5 Å². The van der Waals surface area contributed by atoms with Gasteiger partial charge < -0.3 is 0 Å². The van der Waals surface area contributed by atoms with Crippen molar-refractivity contribution in [2.24, 2.45) is 0 Å². The van der Waals surface area contributed by atoms with Crippen LogP contribution in [0, 0.1) is 0 Å². The highest BCUT2D eigenvalue weighted by atomic mass is 31.2. The Kier molecular flexibility index (Phi) is 9.88. The minimum Gasteiger partial charge on any atom is -0.286 e. The molecule has 0 spiro atoms. The van der Waals surface area contributed by atoms with Gasteiger partial charge in [0.1, 0.15) is 0 Å². The second kappa shape index (κ2) is 10.8. The van der Waals surface area contributed by atoms with E-state index in [1.54, 1.807) is 0 Å². The average molecular weight is 316 g/mol. The first-order valence-electron chi connectivity index (χ1n) is 9.27. The molecule has 3 unspecified atom stereocenters. The molecule has 0 amide bonds. The lowest BCUT2D eigenvalue weighted by atomic mass is 10.0. The smallest absolute Gasteiger partial charge is 0.243 e. The predicted molar refractivity (Wildman–Crippen MR) is 93.7 cm³/mol. The second-order valence-corrected chi connectivity index (χ2v) is 9.44. The van der Waals surface area contributed by atoms with Gasteiger partial charge in [0.15, 0.2) is 0 Å². The maximum absolute atomic E-state index is 12.7. The van der Waals surface area contributed by atoms with Crippen LogP contribution in [0.2, 0.25) is 0 Å². The van der Waals surface area contributed by atoms with Gasteiger partial charge in [0.25, 0.3) is 0 Å². The van der Waals surface area contributed by atoms with E-state index in [9.17, 15) is 4.57 Å². The topological polar surface area (TPSA) is 42.0 Å². The van der Waals surface area contributed by atoms with E-state index in [2.05, 4.69) is 19.0 Å². The summed E-state index contributed by atoms with van der Waals surface area (Å²) in [6.07, 6.45) is 16.8. The normalized spacial score (nSPS) is 26.0. The van der Waals surface area contributed by atoms with E-state index in [-0.39, 0.29) is 0 Å². The van der Waals surface area contributed by atoms with E-state index in [1.165, 1.54) is 70.6 Å². The Labute approximate surface area is 132 Å². The standard InChI is InChI=1S/C17H37N2OP/c1-4-6-8-10-12-14-16-17(21(20)18-19(21)3)15-13-11-9-7-5-2/h17H,4-16H2,1-3H3,(H,18,20). The third-order valence-corrected chi connectivity index (χ3v) is 7.62. The average Bonchev–Trinajstić information content (AvgIpc) is 3.08. The molecule has 0 aromatic carbocycles. The molecule has 3 atom stereocenters. The highest BCUT2D eigenvalue weighted by Crippen LogP contribution is 2.63. The van der Waals surface area contributed by atoms with Crippen molar-refractivity contribution in [1.29, 1.82) is 0 Å². The second-order valence-electron chi connectivity index (χ2n) is 6.66. The third kappa shape index (κ3) is 7.30. The lowest BCUT2D eigenvalue weighted by Gasteiger charge is -2.14. The van der Waals surface area contributed by atoms with E-state index in [0.29, 0.717) is 5.66 Å². The van der Waals surface area contributed by atoms with Crippen LogP contribution in [0.3, 0.4) is 0 Å². The largest absolute Gasteiger partial charge is 0.286 e. The molecule has 1 fully saturated rings. The number of nitrogens with one attached hydrogen (secondary N) is 1. The summed E-state index contributed by atoms with van der Waals surface area (Å²) >= 11 is 0. The molecular formula is C17H37N2OP. The first-order chi connectivity index (χ1) is 10.1. The number of rotatable bonds is 14. The Morgan fingerprint density at radius 3 is 1.57 bits per heavy atom. The van der Waals surface area contributed by atoms with Crippen molar-refractivity contribution in [2.75, 3.05) is 7.05 Å². The van der Waals surface area contributed by atoms with Gasteiger partial charge in [0.05, 0.1) is 0 Å². The van der Waals surface area contributed by atoms with Crippen molar-refractivity contribution in [3.63, 3.8) is 0 Å². The van der Waals surface area contributed by atoms with Gasteiger partial charge >= 0.3 is 0 Å². The van der Waals surface area contributed by atoms with Crippen LogP contribution in [0.5, 0.6) is 0 Å². The van der Waals surface area contributed by atoms with Crippen molar-refractivity contribution >= 4 is 7.44 Å². The van der Waals surface area contributed by atoms with Gasteiger partial charge in [-0.3, -0.25) is 4.57 Å². The molecule has 0 aromatic heterocycles. The van der Waals surface area contributed by atoms with Crippen molar-refractivity contribution < 1.29 is 4.57 Å². The highest BCUT2D eigenvalue weighted by Gasteiger charge is 2.49. The van der Waals surface area contributed by atoms with Crippen molar-refractivity contribution in [2.45, 2.75) is 103 Å². The van der Waals surface area contributed by atoms with Crippen LogP contribution in [-0.2, 0) is 4.57 Å². The molecule has 1 rings (SSSR count). The molecule has 0 radical (unpaired) electrons. The molecule has 1 aliphatic heterocycles. The molecule has 126 valence electrons. The number of hydrazine groups is 1. The van der Waals surface area contributed by atoms with Crippen LogP contribution in [0.1, 0.15) is 97.3 Å². The monoisotopic (exact) mass is 316 g/mol. The van der Waals surface area contributed by atoms with E-state index >= 15 is 0 Å². The first kappa shape index (κ1) is 19.2. The van der Waals surface area contributed by atoms with Gasteiger partial charge in [0, 0.05) is 12.7 Å². The number of hydrogen-bond donors (Lipinski definition) is 1. The summed E-state index contributed by atoms with van der Waals surface area (Å²) in [6, 6.07) is 0. The molecule has 0 aliphatic carbocycles. The summed E-state index contributed by atoms with van der Waals surface area (Å²) < 4.78 is 14.5. The number of unbranched alkanes of at least 4 members (excludes halogenated alkanes) is 9. The molecule has 0 bridgehead atoms. The summed E-state index contributed by atoms with van der Waals surface area (Å²) in [7, 11) is -0.214. The zero-order valence-electron chi connectivity index (χ0n) is 14.6. The summed E-state index contributed by atoms with van der Waals surface area (Å²) in [5.41, 5.74) is 0.398. The van der Waals surface area contributed by atoms with Gasteiger partial charge in [-0.05, 0) is 12.8 Å². The first-order valence-corrected chi connectivity index (χ1v) is 11.0. The van der Waals surface area contributed by atoms with Crippen LogP contribution in [0.4, 0.5) is 0 Å². The fourth-order valence-corrected chi connectivity index (χ4v) is 5.51. The van der Waals surface area contributed by atoms with Gasteiger partial charge in [-0.15, -0.1) is 0 Å². The predicted octanol–water partition coefficient (Wildman–Crippen LogP) is 6.11. The minimum absolute atomic E-state index is 0.398. The molecule has 1 saturated heterocycles. The van der Waals surface area contributed by atoms with E-state index in [4.69, 9.17) is 0 Å². The minimum atomic E-state index is -2.15. The zero-order valence-corrected chi connectivity index (χ0v) is 15.5. The Balaban J connectivity index is 2.18. The molecule has 1 aliphatic rings. The lowest BCUT2D eigenvalue weighted by molar-refractivity contribution is 0.512. The van der Waals surface area contributed by atoms with Crippen LogP contribution < -0.4 is 5.20 Å². The molecule has 1 N–H and O–H groups in total. The molecule has 0 saturated carbocycles. The van der Waals surface area contributed by atoms with Crippen molar-refractivity contribution in [3.05, 3.63) is 0 Å². The summed E-state index contributed by atoms with van der Waals surface area (Å²) in [5.74, 6) is 0. The summed E-state index contributed by atoms with van der Waals surface area (Å²) in [6.45, 7) is 4.51. The van der Waals surface area contributed by atoms with Crippen molar-refractivity contribution in [3.8, 4) is 0 Å². The maximum Gasteiger partial charge on any atom is 0.243 e. The zero-order chi connectivity index (χ0) is 15.6. The van der Waals surface area contributed by atoms with E-state index < -0.39 is 7.44 Å². The Morgan fingerprint density at radius 2 is 1.19 bits per heavy atom. The molecule has 21 heavy (non-hydrogen) atoms. The van der Waals surface area contributed by atoms with Gasteiger partial charge in [-0.2, -0.15) is 9.98 Å². The summed E-state index contributed by atoms with van der Waals surface area (Å²) in [5, 5.41) is 3.11. The highest BCUT2D eigenvalue weighted by molar-refractivity contribution is 7.65. The molecule has 4 heteroatoms. The Hall–Kier alpha value is 0.150. The lowest BCUT2D eigenvalue weighted by Crippen LogP contribution is -2.05. The fraction of sp³-hybridized carbons (Fsp3) is 1.00. The number of nitrogens with zero attached hydrogens (tertiary/aromatic N) is 1. The van der Waals surface area contributed by atoms with Crippen LogP contribution >= 0.6 is 7.44 Å².